The smallest absolute Gasteiger partial charge is 0.128 e. The number of likely N-dealkylation sites (tertiary alicyclic amines) is 1. The van der Waals surface area contributed by atoms with E-state index in [-0.39, 0.29) is 11.7 Å². The van der Waals surface area contributed by atoms with Crippen LogP contribution in [0.2, 0.25) is 0 Å². The lowest BCUT2D eigenvalue weighted by atomic mass is 10.1. The molecule has 4 nitrogen and oxygen atoms in total. The van der Waals surface area contributed by atoms with Crippen molar-refractivity contribution in [1.82, 2.24) is 4.90 Å². The van der Waals surface area contributed by atoms with E-state index in [1.54, 1.807) is 19.1 Å². The highest BCUT2D eigenvalue weighted by molar-refractivity contribution is 5.94. The van der Waals surface area contributed by atoms with Gasteiger partial charge in [-0.15, -0.1) is 0 Å². The highest BCUT2D eigenvalue weighted by Gasteiger charge is 2.31. The highest BCUT2D eigenvalue weighted by atomic mass is 19.1. The van der Waals surface area contributed by atoms with Gasteiger partial charge in [0.25, 0.3) is 0 Å². The molecule has 4 N–H and O–H groups in total. The highest BCUT2D eigenvalue weighted by Crippen LogP contribution is 2.23. The molecule has 1 aliphatic rings. The van der Waals surface area contributed by atoms with Crippen molar-refractivity contribution < 1.29 is 9.50 Å². The zero-order valence-electron chi connectivity index (χ0n) is 10.4. The molecule has 1 heterocycles. The number of nitrogens with zero attached hydrogens (tertiary/aromatic N) is 1. The van der Waals surface area contributed by atoms with Crippen molar-refractivity contribution in [3.05, 3.63) is 35.1 Å². The minimum atomic E-state index is -0.671. The summed E-state index contributed by atoms with van der Waals surface area (Å²) in [7, 11) is 0. The molecule has 1 fully saturated rings. The summed E-state index contributed by atoms with van der Waals surface area (Å²) in [6, 6.07) is 4.58. The van der Waals surface area contributed by atoms with Crippen molar-refractivity contribution in [3.63, 3.8) is 0 Å². The van der Waals surface area contributed by atoms with Gasteiger partial charge < -0.3 is 10.8 Å². The van der Waals surface area contributed by atoms with Crippen LogP contribution < -0.4 is 5.73 Å². The van der Waals surface area contributed by atoms with Crippen LogP contribution in [-0.2, 0) is 6.54 Å². The van der Waals surface area contributed by atoms with Crippen molar-refractivity contribution in [1.29, 1.82) is 5.41 Å². The number of aliphatic hydroxyl groups is 1. The monoisotopic (exact) mass is 251 g/mol. The molecule has 1 unspecified atom stereocenters. The summed E-state index contributed by atoms with van der Waals surface area (Å²) in [6.07, 6.45) is 0.708. The Morgan fingerprint density at radius 1 is 1.61 bits per heavy atom. The fraction of sp³-hybridized carbons (Fsp3) is 0.462. The second-order valence-electron chi connectivity index (χ2n) is 5.18. The number of benzene rings is 1. The maximum atomic E-state index is 13.8. The molecule has 0 bridgehead atoms. The van der Waals surface area contributed by atoms with E-state index in [1.807, 2.05) is 4.90 Å². The Morgan fingerprint density at radius 3 is 2.83 bits per heavy atom. The first-order valence-corrected chi connectivity index (χ1v) is 5.95. The van der Waals surface area contributed by atoms with Gasteiger partial charge in [-0.05, 0) is 19.4 Å². The molecule has 2 rings (SSSR count). The third kappa shape index (κ3) is 2.86. The Hall–Kier alpha value is -1.46. The fourth-order valence-electron chi connectivity index (χ4n) is 2.26. The molecule has 0 saturated carbocycles. The second kappa shape index (κ2) is 4.66. The molecule has 1 aliphatic heterocycles. The topological polar surface area (TPSA) is 73.3 Å². The summed E-state index contributed by atoms with van der Waals surface area (Å²) in [5.41, 5.74) is 5.59. The molecule has 18 heavy (non-hydrogen) atoms. The summed E-state index contributed by atoms with van der Waals surface area (Å²) in [5.74, 6) is -0.487. The molecule has 0 spiro atoms. The van der Waals surface area contributed by atoms with Crippen LogP contribution in [0.25, 0.3) is 0 Å². The molecule has 0 amide bonds. The Balaban J connectivity index is 2.09. The van der Waals surface area contributed by atoms with Crippen LogP contribution in [-0.4, -0.2) is 34.5 Å². The summed E-state index contributed by atoms with van der Waals surface area (Å²) in [6.45, 7) is 3.59. The third-order valence-electron chi connectivity index (χ3n) is 3.29. The summed E-state index contributed by atoms with van der Waals surface area (Å²) < 4.78 is 13.8. The molecule has 0 radical (unpaired) electrons. The van der Waals surface area contributed by atoms with Gasteiger partial charge in [-0.25, -0.2) is 4.39 Å². The minimum absolute atomic E-state index is 0.135. The number of β-amino-alcohol motifs (C(OH)–C–C–N with tert-alkyl or cyclic N) is 1. The number of halogens is 1. The lowest BCUT2D eigenvalue weighted by Gasteiger charge is -2.19. The van der Waals surface area contributed by atoms with Crippen molar-refractivity contribution in [3.8, 4) is 0 Å². The van der Waals surface area contributed by atoms with Gasteiger partial charge in [-0.1, -0.05) is 12.1 Å². The van der Waals surface area contributed by atoms with E-state index in [9.17, 15) is 9.50 Å². The van der Waals surface area contributed by atoms with E-state index in [4.69, 9.17) is 11.1 Å². The Bertz CT molecular complexity index is 473. The molecule has 5 heteroatoms. The van der Waals surface area contributed by atoms with Gasteiger partial charge in [-0.2, -0.15) is 0 Å². The van der Waals surface area contributed by atoms with Crippen molar-refractivity contribution in [2.45, 2.75) is 25.5 Å². The summed E-state index contributed by atoms with van der Waals surface area (Å²) >= 11 is 0. The standard InChI is InChI=1S/C13H18FN3O/c1-13(18)4-5-17(8-13)7-10-3-2-9(12(15)16)6-11(10)14/h2-3,6,18H,4-5,7-8H2,1H3,(H3,15,16). The number of rotatable bonds is 3. The molecule has 1 aromatic rings. The van der Waals surface area contributed by atoms with Crippen LogP contribution >= 0.6 is 0 Å². The van der Waals surface area contributed by atoms with Crippen LogP contribution in [0.5, 0.6) is 0 Å². The number of amidine groups is 1. The molecule has 0 aromatic heterocycles. The predicted octanol–water partition coefficient (Wildman–Crippen LogP) is 1.07. The normalized spacial score (nSPS) is 24.4. The van der Waals surface area contributed by atoms with Gasteiger partial charge in [0, 0.05) is 30.8 Å². The molecule has 1 saturated heterocycles. The second-order valence-corrected chi connectivity index (χ2v) is 5.18. The van der Waals surface area contributed by atoms with E-state index < -0.39 is 5.60 Å². The zero-order valence-corrected chi connectivity index (χ0v) is 10.4. The van der Waals surface area contributed by atoms with Crippen molar-refractivity contribution in [2.24, 2.45) is 5.73 Å². The largest absolute Gasteiger partial charge is 0.389 e. The van der Waals surface area contributed by atoms with Gasteiger partial charge >= 0.3 is 0 Å². The first kappa shape index (κ1) is 13.0. The minimum Gasteiger partial charge on any atom is -0.389 e. The molecule has 0 aliphatic carbocycles. The van der Waals surface area contributed by atoms with E-state index in [0.29, 0.717) is 30.6 Å². The molecule has 1 aromatic carbocycles. The average Bonchev–Trinajstić information content (AvgIpc) is 2.61. The molecule has 1 atom stereocenters. The van der Waals surface area contributed by atoms with Gasteiger partial charge in [0.2, 0.25) is 0 Å². The van der Waals surface area contributed by atoms with Gasteiger partial charge in [0.1, 0.15) is 11.7 Å². The quantitative estimate of drug-likeness (QED) is 0.555. The lowest BCUT2D eigenvalue weighted by molar-refractivity contribution is 0.0677. The molecular weight excluding hydrogens is 233 g/mol. The van der Waals surface area contributed by atoms with Gasteiger partial charge in [0.05, 0.1) is 5.60 Å². The number of nitrogens with one attached hydrogen (secondary N) is 1. The van der Waals surface area contributed by atoms with Crippen molar-refractivity contribution >= 4 is 5.84 Å². The maximum absolute atomic E-state index is 13.8. The third-order valence-corrected chi connectivity index (χ3v) is 3.29. The first-order valence-electron chi connectivity index (χ1n) is 5.95. The van der Waals surface area contributed by atoms with Gasteiger partial charge in [0.15, 0.2) is 0 Å². The first-order chi connectivity index (χ1) is 8.37. The number of nitrogens with two attached hydrogens (primary N) is 1. The van der Waals surface area contributed by atoms with E-state index >= 15 is 0 Å². The maximum Gasteiger partial charge on any atom is 0.128 e. The van der Waals surface area contributed by atoms with E-state index in [1.165, 1.54) is 6.07 Å². The van der Waals surface area contributed by atoms with E-state index in [2.05, 4.69) is 0 Å². The number of hydrogen-bond donors (Lipinski definition) is 3. The summed E-state index contributed by atoms with van der Waals surface area (Å²) in [5, 5.41) is 17.1. The van der Waals surface area contributed by atoms with Crippen molar-refractivity contribution in [2.75, 3.05) is 13.1 Å². The Morgan fingerprint density at radius 2 is 2.33 bits per heavy atom. The van der Waals surface area contributed by atoms with Crippen LogP contribution in [0.15, 0.2) is 18.2 Å². The lowest BCUT2D eigenvalue weighted by Crippen LogP contribution is -2.29. The van der Waals surface area contributed by atoms with Crippen LogP contribution in [0, 0.1) is 11.2 Å². The van der Waals surface area contributed by atoms with E-state index in [0.717, 1.165) is 6.54 Å². The Kier molecular flexibility index (Phi) is 3.36. The molecular formula is C13H18FN3O. The Labute approximate surface area is 106 Å². The van der Waals surface area contributed by atoms with Crippen LogP contribution in [0.3, 0.4) is 0 Å². The number of nitrogen functional groups attached to an aromatic ring is 1. The van der Waals surface area contributed by atoms with Crippen LogP contribution in [0.4, 0.5) is 4.39 Å². The zero-order chi connectivity index (χ0) is 13.3. The predicted molar refractivity (Wildman–Crippen MR) is 67.9 cm³/mol. The SMILES string of the molecule is CC1(O)CCN(Cc2ccc(C(=N)N)cc2F)C1. The molecule has 98 valence electrons. The summed E-state index contributed by atoms with van der Waals surface area (Å²) in [4.78, 5) is 2.02. The fourth-order valence-corrected chi connectivity index (χ4v) is 2.26. The van der Waals surface area contributed by atoms with Gasteiger partial charge in [-0.3, -0.25) is 10.3 Å². The van der Waals surface area contributed by atoms with Crippen LogP contribution in [0.1, 0.15) is 24.5 Å². The average molecular weight is 251 g/mol. The number of hydrogen-bond acceptors (Lipinski definition) is 3.